The van der Waals surface area contributed by atoms with E-state index in [2.05, 4.69) is 10.6 Å². The molecule has 3 amide bonds. The second-order valence-electron chi connectivity index (χ2n) is 6.78. The van der Waals surface area contributed by atoms with E-state index in [4.69, 9.17) is 4.42 Å². The van der Waals surface area contributed by atoms with Crippen molar-refractivity contribution in [3.63, 3.8) is 0 Å². The van der Waals surface area contributed by atoms with E-state index in [1.165, 1.54) is 11.2 Å². The monoisotopic (exact) mass is 385 g/mol. The van der Waals surface area contributed by atoms with Crippen molar-refractivity contribution in [1.82, 2.24) is 10.2 Å². The van der Waals surface area contributed by atoms with Gasteiger partial charge < -0.3 is 20.0 Å². The molecule has 2 aromatic rings. The molecule has 1 aromatic carbocycles. The number of aryl methyl sites for hydroxylation is 1. The second-order valence-corrected chi connectivity index (χ2v) is 6.78. The van der Waals surface area contributed by atoms with Gasteiger partial charge in [-0.1, -0.05) is 26.0 Å². The van der Waals surface area contributed by atoms with Crippen LogP contribution in [0.2, 0.25) is 0 Å². The Hall–Kier alpha value is -3.09. The summed E-state index contributed by atoms with van der Waals surface area (Å²) in [7, 11) is 0. The van der Waals surface area contributed by atoms with Crippen LogP contribution in [0.25, 0.3) is 0 Å². The lowest BCUT2D eigenvalue weighted by Crippen LogP contribution is -2.44. The molecule has 1 atom stereocenters. The Bertz CT molecular complexity index is 802. The number of carbonyl (C=O) groups excluding carboxylic acids is 3. The van der Waals surface area contributed by atoms with Gasteiger partial charge in [-0.25, -0.2) is 0 Å². The SMILES string of the molecule is CC[C@@H](C)C(=O)N(CC(=O)NCC(=O)Nc1cccc(C)c1)Cc1ccco1. The molecule has 0 spiro atoms. The molecule has 0 radical (unpaired) electrons. The summed E-state index contributed by atoms with van der Waals surface area (Å²) in [6.45, 7) is 5.58. The maximum Gasteiger partial charge on any atom is 0.243 e. The van der Waals surface area contributed by atoms with Crippen LogP contribution in [0, 0.1) is 12.8 Å². The summed E-state index contributed by atoms with van der Waals surface area (Å²) in [4.78, 5) is 38.3. The number of carbonyl (C=O) groups is 3. The van der Waals surface area contributed by atoms with Crippen LogP contribution in [0.4, 0.5) is 5.69 Å². The molecular formula is C21H27N3O4. The molecule has 0 saturated carbocycles. The van der Waals surface area contributed by atoms with Gasteiger partial charge in [-0.3, -0.25) is 14.4 Å². The summed E-state index contributed by atoms with van der Waals surface area (Å²) in [6.07, 6.45) is 2.20. The highest BCUT2D eigenvalue weighted by Gasteiger charge is 2.22. The fourth-order valence-electron chi connectivity index (χ4n) is 2.62. The lowest BCUT2D eigenvalue weighted by atomic mass is 10.1. The molecule has 0 aliphatic carbocycles. The van der Waals surface area contributed by atoms with Gasteiger partial charge >= 0.3 is 0 Å². The lowest BCUT2D eigenvalue weighted by Gasteiger charge is -2.24. The minimum absolute atomic E-state index is 0.127. The van der Waals surface area contributed by atoms with Crippen LogP contribution in [-0.2, 0) is 20.9 Å². The van der Waals surface area contributed by atoms with Gasteiger partial charge in [0.1, 0.15) is 12.3 Å². The summed E-state index contributed by atoms with van der Waals surface area (Å²) in [6, 6.07) is 10.9. The zero-order valence-corrected chi connectivity index (χ0v) is 16.5. The molecule has 7 heteroatoms. The minimum atomic E-state index is -0.400. The van der Waals surface area contributed by atoms with Gasteiger partial charge in [-0.05, 0) is 43.2 Å². The molecule has 28 heavy (non-hydrogen) atoms. The Labute approximate surface area is 165 Å². The maximum atomic E-state index is 12.6. The molecule has 7 nitrogen and oxygen atoms in total. The lowest BCUT2D eigenvalue weighted by molar-refractivity contribution is -0.140. The average Bonchev–Trinajstić information content (AvgIpc) is 3.17. The summed E-state index contributed by atoms with van der Waals surface area (Å²) in [5.41, 5.74) is 1.70. The Morgan fingerprint density at radius 2 is 1.93 bits per heavy atom. The minimum Gasteiger partial charge on any atom is -0.467 e. The van der Waals surface area contributed by atoms with Crippen molar-refractivity contribution in [3.8, 4) is 0 Å². The van der Waals surface area contributed by atoms with Crippen molar-refractivity contribution in [2.75, 3.05) is 18.4 Å². The Morgan fingerprint density at radius 3 is 2.57 bits per heavy atom. The molecular weight excluding hydrogens is 358 g/mol. The van der Waals surface area contributed by atoms with Crippen molar-refractivity contribution in [2.24, 2.45) is 5.92 Å². The zero-order chi connectivity index (χ0) is 20.5. The van der Waals surface area contributed by atoms with E-state index in [0.717, 1.165) is 5.56 Å². The summed E-state index contributed by atoms with van der Waals surface area (Å²) in [5, 5.41) is 5.29. The number of nitrogens with one attached hydrogen (secondary N) is 2. The van der Waals surface area contributed by atoms with Crippen LogP contribution < -0.4 is 10.6 Å². The number of benzene rings is 1. The standard InChI is InChI=1S/C21H27N3O4/c1-4-16(3)21(27)24(13-18-9-6-10-28-18)14-20(26)22-12-19(25)23-17-8-5-7-15(2)11-17/h5-11,16H,4,12-14H2,1-3H3,(H,22,26)(H,23,25)/t16-/m1/s1. The number of nitrogens with zero attached hydrogens (tertiary/aromatic N) is 1. The fourth-order valence-corrected chi connectivity index (χ4v) is 2.62. The Morgan fingerprint density at radius 1 is 1.14 bits per heavy atom. The summed E-state index contributed by atoms with van der Waals surface area (Å²) >= 11 is 0. The van der Waals surface area contributed by atoms with Gasteiger partial charge in [0.15, 0.2) is 0 Å². The Kier molecular flexibility index (Phi) is 7.80. The molecule has 1 heterocycles. The topological polar surface area (TPSA) is 91.7 Å². The first-order chi connectivity index (χ1) is 13.4. The summed E-state index contributed by atoms with van der Waals surface area (Å²) in [5.74, 6) is -0.459. The Balaban J connectivity index is 1.89. The predicted molar refractivity (Wildman–Crippen MR) is 106 cm³/mol. The van der Waals surface area contributed by atoms with Gasteiger partial charge in [0.25, 0.3) is 0 Å². The quantitative estimate of drug-likeness (QED) is 0.694. The first-order valence-electron chi connectivity index (χ1n) is 9.33. The van der Waals surface area contributed by atoms with Gasteiger partial charge in [-0.15, -0.1) is 0 Å². The molecule has 0 bridgehead atoms. The highest BCUT2D eigenvalue weighted by atomic mass is 16.3. The highest BCUT2D eigenvalue weighted by molar-refractivity contribution is 5.95. The molecule has 0 aliphatic heterocycles. The van der Waals surface area contributed by atoms with E-state index in [9.17, 15) is 14.4 Å². The second kappa shape index (κ2) is 10.3. The van der Waals surface area contributed by atoms with Crippen LogP contribution in [-0.4, -0.2) is 35.7 Å². The van der Waals surface area contributed by atoms with E-state index in [1.807, 2.05) is 39.0 Å². The van der Waals surface area contributed by atoms with E-state index in [-0.39, 0.29) is 37.4 Å². The van der Waals surface area contributed by atoms with E-state index < -0.39 is 5.91 Å². The third-order valence-corrected chi connectivity index (χ3v) is 4.35. The number of amides is 3. The smallest absolute Gasteiger partial charge is 0.243 e. The molecule has 1 aromatic heterocycles. The maximum absolute atomic E-state index is 12.6. The van der Waals surface area contributed by atoms with Crippen molar-refractivity contribution in [2.45, 2.75) is 33.7 Å². The van der Waals surface area contributed by atoms with Crippen molar-refractivity contribution in [3.05, 3.63) is 54.0 Å². The number of hydrogen-bond donors (Lipinski definition) is 2. The third-order valence-electron chi connectivity index (χ3n) is 4.35. The van der Waals surface area contributed by atoms with Crippen LogP contribution in [0.15, 0.2) is 47.1 Å². The van der Waals surface area contributed by atoms with Crippen molar-refractivity contribution >= 4 is 23.4 Å². The van der Waals surface area contributed by atoms with Crippen LogP contribution >= 0.6 is 0 Å². The predicted octanol–water partition coefficient (Wildman–Crippen LogP) is 2.72. The number of rotatable bonds is 9. The molecule has 0 aliphatic rings. The van der Waals surface area contributed by atoms with Gasteiger partial charge in [0.05, 0.1) is 19.4 Å². The molecule has 2 rings (SSSR count). The van der Waals surface area contributed by atoms with Crippen LogP contribution in [0.5, 0.6) is 0 Å². The van der Waals surface area contributed by atoms with E-state index in [1.54, 1.807) is 18.2 Å². The van der Waals surface area contributed by atoms with Crippen LogP contribution in [0.1, 0.15) is 31.6 Å². The van der Waals surface area contributed by atoms with Gasteiger partial charge in [-0.2, -0.15) is 0 Å². The van der Waals surface area contributed by atoms with Crippen molar-refractivity contribution in [1.29, 1.82) is 0 Å². The molecule has 0 fully saturated rings. The summed E-state index contributed by atoms with van der Waals surface area (Å²) < 4.78 is 5.29. The molecule has 150 valence electrons. The number of anilines is 1. The van der Waals surface area contributed by atoms with Crippen molar-refractivity contribution < 1.29 is 18.8 Å². The zero-order valence-electron chi connectivity index (χ0n) is 16.5. The number of hydrogen-bond acceptors (Lipinski definition) is 4. The number of furan rings is 1. The first-order valence-corrected chi connectivity index (χ1v) is 9.33. The third kappa shape index (κ3) is 6.57. The van der Waals surface area contributed by atoms with Crippen LogP contribution in [0.3, 0.4) is 0 Å². The van der Waals surface area contributed by atoms with E-state index in [0.29, 0.717) is 17.9 Å². The molecule has 0 unspecified atom stereocenters. The fraction of sp³-hybridized carbons (Fsp3) is 0.381. The first kappa shape index (κ1) is 21.2. The molecule has 2 N–H and O–H groups in total. The highest BCUT2D eigenvalue weighted by Crippen LogP contribution is 2.12. The normalized spacial score (nSPS) is 11.5. The molecule has 0 saturated heterocycles. The van der Waals surface area contributed by atoms with Gasteiger partial charge in [0, 0.05) is 11.6 Å². The average molecular weight is 385 g/mol. The van der Waals surface area contributed by atoms with Gasteiger partial charge in [0.2, 0.25) is 17.7 Å². The van der Waals surface area contributed by atoms with E-state index >= 15 is 0 Å². The largest absolute Gasteiger partial charge is 0.467 e.